The van der Waals surface area contributed by atoms with Gasteiger partial charge in [0.05, 0.1) is 11.1 Å². The van der Waals surface area contributed by atoms with Crippen LogP contribution in [0.4, 0.5) is 32.0 Å². The number of alkyl halides is 6. The molecule has 2 aromatic carbocycles. The minimum atomic E-state index is -4.97. The number of anilines is 1. The van der Waals surface area contributed by atoms with E-state index in [-0.39, 0.29) is 50.8 Å². The lowest BCUT2D eigenvalue weighted by Crippen LogP contribution is -2.53. The number of hydrogen-bond donors (Lipinski definition) is 0. The minimum Gasteiger partial charge on any atom is -0.368 e. The maximum absolute atomic E-state index is 13.5. The molecule has 2 aromatic rings. The Morgan fingerprint density at radius 3 is 1.72 bits per heavy atom. The molecule has 0 aromatic heterocycles. The molecule has 192 valence electrons. The third kappa shape index (κ3) is 5.17. The van der Waals surface area contributed by atoms with Crippen LogP contribution in [0.1, 0.15) is 35.6 Å². The molecule has 0 radical (unpaired) electrons. The third-order valence-corrected chi connectivity index (χ3v) is 6.23. The lowest BCUT2D eigenvalue weighted by Gasteiger charge is -2.39. The molecule has 0 spiro atoms. The Hall–Kier alpha value is -3.57. The summed E-state index contributed by atoms with van der Waals surface area (Å²) in [6.45, 7) is -0.104. The van der Waals surface area contributed by atoms with Gasteiger partial charge in [0.15, 0.2) is 0 Å². The van der Waals surface area contributed by atoms with E-state index in [9.17, 15) is 40.7 Å². The molecule has 0 aliphatic carbocycles. The van der Waals surface area contributed by atoms with Crippen molar-refractivity contribution in [3.05, 3.63) is 65.2 Å². The molecule has 2 fully saturated rings. The monoisotopic (exact) mass is 513 g/mol. The van der Waals surface area contributed by atoms with Gasteiger partial charge < -0.3 is 9.80 Å². The minimum absolute atomic E-state index is 0.0136. The van der Waals surface area contributed by atoms with Gasteiger partial charge in [0, 0.05) is 44.7 Å². The van der Waals surface area contributed by atoms with Gasteiger partial charge in [-0.2, -0.15) is 26.3 Å². The van der Waals surface area contributed by atoms with Crippen molar-refractivity contribution in [1.29, 1.82) is 0 Å². The molecule has 3 amide bonds. The second kappa shape index (κ2) is 9.47. The highest BCUT2D eigenvalue weighted by molar-refractivity contribution is 6.05. The molecule has 0 N–H and O–H groups in total. The molecule has 1 unspecified atom stereocenters. The van der Waals surface area contributed by atoms with Crippen LogP contribution in [0.2, 0.25) is 0 Å². The van der Waals surface area contributed by atoms with Gasteiger partial charge in [0.2, 0.25) is 11.8 Å². The van der Waals surface area contributed by atoms with Crippen molar-refractivity contribution < 1.29 is 40.7 Å². The van der Waals surface area contributed by atoms with Crippen LogP contribution in [0, 0.1) is 0 Å². The van der Waals surface area contributed by atoms with Gasteiger partial charge >= 0.3 is 12.4 Å². The smallest absolute Gasteiger partial charge is 0.368 e. The van der Waals surface area contributed by atoms with Crippen molar-refractivity contribution >= 4 is 23.4 Å². The van der Waals surface area contributed by atoms with Crippen LogP contribution < -0.4 is 4.90 Å². The zero-order valence-electron chi connectivity index (χ0n) is 18.8. The average molecular weight is 513 g/mol. The number of halogens is 6. The molecule has 2 aliphatic heterocycles. The summed E-state index contributed by atoms with van der Waals surface area (Å²) >= 11 is 0. The Bertz CT molecular complexity index is 1110. The number of likely N-dealkylation sites (tertiary alicyclic amines) is 1. The Balaban J connectivity index is 1.56. The summed E-state index contributed by atoms with van der Waals surface area (Å²) in [6, 6.07) is 8.43. The largest absolute Gasteiger partial charge is 0.416 e. The summed E-state index contributed by atoms with van der Waals surface area (Å²) in [7, 11) is 0. The van der Waals surface area contributed by atoms with Crippen molar-refractivity contribution in [2.75, 3.05) is 31.1 Å². The van der Waals surface area contributed by atoms with Crippen LogP contribution in [0.5, 0.6) is 0 Å². The van der Waals surface area contributed by atoms with Crippen molar-refractivity contribution in [3.63, 3.8) is 0 Å². The Kier molecular flexibility index (Phi) is 6.72. The lowest BCUT2D eigenvalue weighted by molar-refractivity contribution is -0.151. The molecule has 0 bridgehead atoms. The topological polar surface area (TPSA) is 60.9 Å². The second-order valence-electron chi connectivity index (χ2n) is 8.55. The van der Waals surface area contributed by atoms with Gasteiger partial charge in [0.1, 0.15) is 6.04 Å². The fraction of sp³-hybridized carbons (Fsp3) is 0.375. The molecule has 1 atom stereocenters. The average Bonchev–Trinajstić information content (AvgIpc) is 3.16. The van der Waals surface area contributed by atoms with Gasteiger partial charge in [0.25, 0.3) is 5.91 Å². The summed E-state index contributed by atoms with van der Waals surface area (Å²) < 4.78 is 79.4. The van der Waals surface area contributed by atoms with Gasteiger partial charge in [-0.3, -0.25) is 19.3 Å². The molecule has 0 saturated carbocycles. The predicted octanol–water partition coefficient (Wildman–Crippen LogP) is 4.26. The third-order valence-electron chi connectivity index (χ3n) is 6.23. The Labute approximate surface area is 202 Å². The first-order valence-electron chi connectivity index (χ1n) is 11.1. The molecule has 2 aliphatic rings. The first-order chi connectivity index (χ1) is 16.9. The summed E-state index contributed by atoms with van der Waals surface area (Å²) in [4.78, 5) is 41.9. The van der Waals surface area contributed by atoms with Crippen LogP contribution >= 0.6 is 0 Å². The number of benzene rings is 2. The standard InChI is InChI=1S/C24H21F6N3O3/c25-23(26,27)16-12-17(24(28,29)30)14-18(13-16)31-8-10-32(11-9-31)22(36)21(15-4-2-1-3-5-15)33-19(34)6-7-20(33)35/h1-5,12-14,21H,6-11H2. The molecule has 4 rings (SSSR count). The quantitative estimate of drug-likeness (QED) is 0.453. The fourth-order valence-electron chi connectivity index (χ4n) is 4.40. The zero-order chi connectivity index (χ0) is 26.3. The number of piperazine rings is 1. The van der Waals surface area contributed by atoms with E-state index in [1.807, 2.05) is 0 Å². The molecule has 36 heavy (non-hydrogen) atoms. The van der Waals surface area contributed by atoms with Crippen LogP contribution in [-0.4, -0.2) is 53.7 Å². The molecule has 12 heteroatoms. The molecule has 6 nitrogen and oxygen atoms in total. The van der Waals surface area contributed by atoms with E-state index in [4.69, 9.17) is 0 Å². The second-order valence-corrected chi connectivity index (χ2v) is 8.55. The fourth-order valence-corrected chi connectivity index (χ4v) is 4.40. The number of carbonyl (C=O) groups excluding carboxylic acids is 3. The van der Waals surface area contributed by atoms with Crippen molar-refractivity contribution in [2.24, 2.45) is 0 Å². The molecular weight excluding hydrogens is 492 g/mol. The van der Waals surface area contributed by atoms with Gasteiger partial charge in [-0.05, 0) is 23.8 Å². The van der Waals surface area contributed by atoms with E-state index >= 15 is 0 Å². The van der Waals surface area contributed by atoms with Crippen molar-refractivity contribution in [1.82, 2.24) is 9.80 Å². The van der Waals surface area contributed by atoms with Crippen molar-refractivity contribution in [3.8, 4) is 0 Å². The maximum Gasteiger partial charge on any atom is 0.416 e. The van der Waals surface area contributed by atoms with Crippen LogP contribution in [0.3, 0.4) is 0 Å². The molecule has 2 saturated heterocycles. The summed E-state index contributed by atoms with van der Waals surface area (Å²) in [5.74, 6) is -1.50. The van der Waals surface area contributed by atoms with Crippen molar-refractivity contribution in [2.45, 2.75) is 31.2 Å². The number of imide groups is 1. The van der Waals surface area contributed by atoms with E-state index in [1.165, 1.54) is 9.80 Å². The highest BCUT2D eigenvalue weighted by Gasteiger charge is 2.42. The lowest BCUT2D eigenvalue weighted by atomic mass is 10.0. The normalized spacial score (nSPS) is 18.1. The Morgan fingerprint density at radius 1 is 0.750 bits per heavy atom. The number of carbonyl (C=O) groups is 3. The first kappa shape index (κ1) is 25.5. The van der Waals surface area contributed by atoms with Crippen LogP contribution in [0.15, 0.2) is 48.5 Å². The number of hydrogen-bond acceptors (Lipinski definition) is 4. The van der Waals surface area contributed by atoms with E-state index in [0.29, 0.717) is 17.7 Å². The number of amides is 3. The number of nitrogens with zero attached hydrogens (tertiary/aromatic N) is 3. The van der Waals surface area contributed by atoms with E-state index in [0.717, 1.165) is 4.90 Å². The summed E-state index contributed by atoms with van der Waals surface area (Å²) in [6.07, 6.45) is -9.96. The zero-order valence-corrected chi connectivity index (χ0v) is 18.8. The first-order valence-corrected chi connectivity index (χ1v) is 11.1. The summed E-state index contributed by atoms with van der Waals surface area (Å²) in [5, 5.41) is 0. The van der Waals surface area contributed by atoms with E-state index < -0.39 is 47.2 Å². The van der Waals surface area contributed by atoms with Gasteiger partial charge in [-0.25, -0.2) is 0 Å². The maximum atomic E-state index is 13.5. The highest BCUT2D eigenvalue weighted by atomic mass is 19.4. The SMILES string of the molecule is O=C(C(c1ccccc1)N1C(=O)CCC1=O)N1CCN(c2cc(C(F)(F)F)cc(C(F)(F)F)c2)CC1. The highest BCUT2D eigenvalue weighted by Crippen LogP contribution is 2.39. The van der Waals surface area contributed by atoms with Crippen LogP contribution in [0.25, 0.3) is 0 Å². The molecule has 2 heterocycles. The number of rotatable bonds is 4. The van der Waals surface area contributed by atoms with Gasteiger partial charge in [-0.15, -0.1) is 0 Å². The van der Waals surface area contributed by atoms with Crippen LogP contribution in [-0.2, 0) is 26.7 Å². The molecular formula is C24H21F6N3O3. The predicted molar refractivity (Wildman–Crippen MR) is 116 cm³/mol. The van der Waals surface area contributed by atoms with E-state index in [1.54, 1.807) is 30.3 Å². The van der Waals surface area contributed by atoms with Gasteiger partial charge in [-0.1, -0.05) is 30.3 Å². The Morgan fingerprint density at radius 2 is 1.25 bits per heavy atom. The summed E-state index contributed by atoms with van der Waals surface area (Å²) in [5.41, 5.74) is -2.66. The van der Waals surface area contributed by atoms with E-state index in [2.05, 4.69) is 0 Å².